The average molecular weight is 226 g/mol. The highest BCUT2D eigenvalue weighted by Crippen LogP contribution is 2.11. The Labute approximate surface area is 102 Å². The SMILES string of the molecule is C=C(CCCCCCCC)COC(C)CC. The molecule has 0 rings (SSSR count). The summed E-state index contributed by atoms with van der Waals surface area (Å²) in [6, 6.07) is 0. The predicted octanol–water partition coefficient (Wildman–Crippen LogP) is 5.11. The summed E-state index contributed by atoms with van der Waals surface area (Å²) in [5.41, 5.74) is 1.26. The Balaban J connectivity index is 3.24. The van der Waals surface area contributed by atoms with E-state index in [1.54, 1.807) is 0 Å². The number of ether oxygens (including phenoxy) is 1. The van der Waals surface area contributed by atoms with E-state index in [2.05, 4.69) is 27.4 Å². The lowest BCUT2D eigenvalue weighted by atomic mass is 10.1. The zero-order valence-corrected chi connectivity index (χ0v) is 11.6. The van der Waals surface area contributed by atoms with Crippen molar-refractivity contribution in [1.29, 1.82) is 0 Å². The van der Waals surface area contributed by atoms with Gasteiger partial charge in [-0.25, -0.2) is 0 Å². The van der Waals surface area contributed by atoms with E-state index < -0.39 is 0 Å². The predicted molar refractivity (Wildman–Crippen MR) is 72.8 cm³/mol. The van der Waals surface area contributed by atoms with E-state index >= 15 is 0 Å². The first-order valence-corrected chi connectivity index (χ1v) is 6.98. The molecule has 0 bridgehead atoms. The van der Waals surface area contributed by atoms with Crippen molar-refractivity contribution in [2.75, 3.05) is 6.61 Å². The summed E-state index contributed by atoms with van der Waals surface area (Å²) in [5, 5.41) is 0. The van der Waals surface area contributed by atoms with Crippen molar-refractivity contribution in [2.45, 2.75) is 78.2 Å². The van der Waals surface area contributed by atoms with Crippen LogP contribution in [0.25, 0.3) is 0 Å². The molecule has 1 atom stereocenters. The Morgan fingerprint density at radius 3 is 2.31 bits per heavy atom. The molecule has 0 spiro atoms. The lowest BCUT2D eigenvalue weighted by Gasteiger charge is -2.12. The lowest BCUT2D eigenvalue weighted by molar-refractivity contribution is 0.0795. The molecular formula is C15H30O. The smallest absolute Gasteiger partial charge is 0.0677 e. The van der Waals surface area contributed by atoms with Crippen LogP contribution in [0.4, 0.5) is 0 Å². The van der Waals surface area contributed by atoms with Gasteiger partial charge < -0.3 is 4.74 Å². The number of hydrogen-bond acceptors (Lipinski definition) is 1. The molecule has 1 unspecified atom stereocenters. The fourth-order valence-electron chi connectivity index (χ4n) is 1.61. The van der Waals surface area contributed by atoms with Gasteiger partial charge in [-0.2, -0.15) is 0 Å². The maximum atomic E-state index is 5.65. The fourth-order valence-corrected chi connectivity index (χ4v) is 1.61. The second kappa shape index (κ2) is 11.2. The van der Waals surface area contributed by atoms with Gasteiger partial charge in [-0.15, -0.1) is 0 Å². The van der Waals surface area contributed by atoms with Gasteiger partial charge in [0.1, 0.15) is 0 Å². The zero-order valence-electron chi connectivity index (χ0n) is 11.6. The van der Waals surface area contributed by atoms with Crippen molar-refractivity contribution in [3.8, 4) is 0 Å². The Morgan fingerprint density at radius 1 is 1.06 bits per heavy atom. The van der Waals surface area contributed by atoms with Gasteiger partial charge in [0.15, 0.2) is 0 Å². The van der Waals surface area contributed by atoms with Gasteiger partial charge in [0, 0.05) is 0 Å². The Morgan fingerprint density at radius 2 is 1.69 bits per heavy atom. The second-order valence-electron chi connectivity index (χ2n) is 4.80. The molecule has 0 aliphatic heterocycles. The molecule has 0 aromatic rings. The fraction of sp³-hybridized carbons (Fsp3) is 0.867. The molecule has 0 radical (unpaired) electrons. The molecule has 16 heavy (non-hydrogen) atoms. The Kier molecular flexibility index (Phi) is 11.0. The molecular weight excluding hydrogens is 196 g/mol. The largest absolute Gasteiger partial charge is 0.374 e. The molecule has 1 nitrogen and oxygen atoms in total. The van der Waals surface area contributed by atoms with Crippen LogP contribution in [0.2, 0.25) is 0 Å². The minimum atomic E-state index is 0.376. The van der Waals surface area contributed by atoms with Crippen LogP contribution in [-0.4, -0.2) is 12.7 Å². The first-order valence-electron chi connectivity index (χ1n) is 6.98. The van der Waals surface area contributed by atoms with Crippen molar-refractivity contribution in [3.05, 3.63) is 12.2 Å². The molecule has 96 valence electrons. The highest BCUT2D eigenvalue weighted by Gasteiger charge is 2.00. The molecule has 0 heterocycles. The first-order chi connectivity index (χ1) is 7.70. The quantitative estimate of drug-likeness (QED) is 0.351. The van der Waals surface area contributed by atoms with Gasteiger partial charge in [0.25, 0.3) is 0 Å². The number of rotatable bonds is 11. The van der Waals surface area contributed by atoms with E-state index in [9.17, 15) is 0 Å². The molecule has 0 saturated heterocycles. The van der Waals surface area contributed by atoms with Gasteiger partial charge >= 0.3 is 0 Å². The van der Waals surface area contributed by atoms with Gasteiger partial charge in [-0.3, -0.25) is 0 Å². The third-order valence-corrected chi connectivity index (χ3v) is 3.03. The van der Waals surface area contributed by atoms with Gasteiger partial charge in [-0.05, 0) is 26.2 Å². The van der Waals surface area contributed by atoms with Crippen LogP contribution in [0.1, 0.15) is 72.1 Å². The van der Waals surface area contributed by atoms with Crippen LogP contribution in [0.15, 0.2) is 12.2 Å². The standard InChI is InChI=1S/C15H30O/c1-5-7-8-9-10-11-12-14(3)13-16-15(4)6-2/h15H,3,5-13H2,1-2,4H3. The zero-order chi connectivity index (χ0) is 12.2. The molecule has 0 aromatic carbocycles. The van der Waals surface area contributed by atoms with E-state index in [0.29, 0.717) is 6.10 Å². The summed E-state index contributed by atoms with van der Waals surface area (Å²) in [4.78, 5) is 0. The molecule has 0 aromatic heterocycles. The normalized spacial score (nSPS) is 12.7. The summed E-state index contributed by atoms with van der Waals surface area (Å²) in [6.07, 6.45) is 10.7. The molecule has 0 N–H and O–H groups in total. The van der Waals surface area contributed by atoms with Crippen LogP contribution in [-0.2, 0) is 4.74 Å². The summed E-state index contributed by atoms with van der Waals surface area (Å²) < 4.78 is 5.65. The molecule has 1 heteroatoms. The Bertz CT molecular complexity index is 163. The van der Waals surface area contributed by atoms with E-state index in [1.165, 1.54) is 44.1 Å². The van der Waals surface area contributed by atoms with E-state index in [-0.39, 0.29) is 0 Å². The van der Waals surface area contributed by atoms with Crippen molar-refractivity contribution >= 4 is 0 Å². The highest BCUT2D eigenvalue weighted by molar-refractivity contribution is 4.93. The minimum Gasteiger partial charge on any atom is -0.374 e. The molecule has 0 fully saturated rings. The van der Waals surface area contributed by atoms with Gasteiger partial charge in [-0.1, -0.05) is 58.1 Å². The van der Waals surface area contributed by atoms with Gasteiger partial charge in [0.2, 0.25) is 0 Å². The van der Waals surface area contributed by atoms with E-state index in [1.807, 2.05) is 0 Å². The first kappa shape index (κ1) is 15.7. The molecule has 0 amide bonds. The second-order valence-corrected chi connectivity index (χ2v) is 4.80. The van der Waals surface area contributed by atoms with E-state index in [0.717, 1.165) is 19.4 Å². The van der Waals surface area contributed by atoms with Crippen molar-refractivity contribution in [2.24, 2.45) is 0 Å². The summed E-state index contributed by atoms with van der Waals surface area (Å²) in [7, 11) is 0. The van der Waals surface area contributed by atoms with E-state index in [4.69, 9.17) is 4.74 Å². The number of unbranched alkanes of at least 4 members (excludes halogenated alkanes) is 5. The van der Waals surface area contributed by atoms with Crippen LogP contribution in [0.5, 0.6) is 0 Å². The number of hydrogen-bond donors (Lipinski definition) is 0. The average Bonchev–Trinajstić information content (AvgIpc) is 2.30. The molecule has 0 aliphatic rings. The van der Waals surface area contributed by atoms with Crippen LogP contribution in [0.3, 0.4) is 0 Å². The van der Waals surface area contributed by atoms with Crippen LogP contribution < -0.4 is 0 Å². The summed E-state index contributed by atoms with van der Waals surface area (Å²) in [6.45, 7) is 11.4. The topological polar surface area (TPSA) is 9.23 Å². The van der Waals surface area contributed by atoms with Crippen LogP contribution in [0, 0.1) is 0 Å². The van der Waals surface area contributed by atoms with Crippen molar-refractivity contribution in [1.82, 2.24) is 0 Å². The van der Waals surface area contributed by atoms with Crippen LogP contribution >= 0.6 is 0 Å². The lowest BCUT2D eigenvalue weighted by Crippen LogP contribution is -2.08. The maximum Gasteiger partial charge on any atom is 0.0677 e. The minimum absolute atomic E-state index is 0.376. The molecule has 0 aliphatic carbocycles. The third kappa shape index (κ3) is 10.2. The third-order valence-electron chi connectivity index (χ3n) is 3.03. The highest BCUT2D eigenvalue weighted by atomic mass is 16.5. The summed E-state index contributed by atoms with van der Waals surface area (Å²) in [5.74, 6) is 0. The molecule has 0 saturated carbocycles. The van der Waals surface area contributed by atoms with Gasteiger partial charge in [0.05, 0.1) is 12.7 Å². The van der Waals surface area contributed by atoms with Crippen molar-refractivity contribution in [3.63, 3.8) is 0 Å². The Hall–Kier alpha value is -0.300. The summed E-state index contributed by atoms with van der Waals surface area (Å²) >= 11 is 0. The van der Waals surface area contributed by atoms with Crippen molar-refractivity contribution < 1.29 is 4.74 Å². The monoisotopic (exact) mass is 226 g/mol. The maximum absolute atomic E-state index is 5.65.